The second kappa shape index (κ2) is 7.16. The van der Waals surface area contributed by atoms with Crippen molar-refractivity contribution in [2.24, 2.45) is 0 Å². The Morgan fingerprint density at radius 3 is 2.72 bits per heavy atom. The van der Waals surface area contributed by atoms with E-state index in [1.807, 2.05) is 24.3 Å². The Morgan fingerprint density at radius 1 is 1.39 bits per heavy atom. The lowest BCUT2D eigenvalue weighted by atomic mass is 10.2. The molecule has 2 atom stereocenters. The first-order valence-corrected chi connectivity index (χ1v) is 7.02. The molecule has 0 heterocycles. The Labute approximate surface area is 110 Å². The first-order chi connectivity index (χ1) is 8.56. The zero-order valence-electron chi connectivity index (χ0n) is 10.8. The van der Waals surface area contributed by atoms with Gasteiger partial charge in [-0.05, 0) is 17.7 Å². The van der Waals surface area contributed by atoms with E-state index in [1.165, 1.54) is 7.11 Å². The first-order valence-electron chi connectivity index (χ1n) is 5.63. The molecule has 0 spiro atoms. The third kappa shape index (κ3) is 4.49. The van der Waals surface area contributed by atoms with E-state index in [0.29, 0.717) is 5.75 Å². The number of carbonyl (C=O) groups excluding carboxylic acids is 1. The molecule has 0 amide bonds. The van der Waals surface area contributed by atoms with Gasteiger partial charge in [-0.15, -0.1) is 0 Å². The highest BCUT2D eigenvalue weighted by molar-refractivity contribution is 7.84. The number of methoxy groups -OCH3 is 2. The van der Waals surface area contributed by atoms with Crippen LogP contribution >= 0.6 is 0 Å². The number of rotatable bonds is 6. The van der Waals surface area contributed by atoms with E-state index in [1.54, 1.807) is 14.0 Å². The summed E-state index contributed by atoms with van der Waals surface area (Å²) in [6, 6.07) is 7.44. The van der Waals surface area contributed by atoms with Crippen molar-refractivity contribution >= 4 is 16.8 Å². The highest BCUT2D eigenvalue weighted by atomic mass is 32.2. The minimum absolute atomic E-state index is 0.174. The van der Waals surface area contributed by atoms with Crippen LogP contribution in [0.5, 0.6) is 5.75 Å². The zero-order valence-corrected chi connectivity index (χ0v) is 11.7. The van der Waals surface area contributed by atoms with Gasteiger partial charge in [0.1, 0.15) is 5.75 Å². The molecule has 0 aliphatic rings. The van der Waals surface area contributed by atoms with Crippen molar-refractivity contribution in [1.82, 2.24) is 0 Å². The molecular formula is C13H18O4S. The summed E-state index contributed by atoms with van der Waals surface area (Å²) in [5.41, 5.74) is 0.935. The summed E-state index contributed by atoms with van der Waals surface area (Å²) in [6.45, 7) is 1.78. The molecule has 18 heavy (non-hydrogen) atoms. The lowest BCUT2D eigenvalue weighted by molar-refractivity contribution is -0.140. The van der Waals surface area contributed by atoms with Gasteiger partial charge >= 0.3 is 5.97 Å². The molecular weight excluding hydrogens is 252 g/mol. The van der Waals surface area contributed by atoms with Gasteiger partial charge in [-0.1, -0.05) is 19.1 Å². The monoisotopic (exact) mass is 270 g/mol. The summed E-state index contributed by atoms with van der Waals surface area (Å²) in [5.74, 6) is 0.821. The second-order valence-corrected chi connectivity index (χ2v) is 5.82. The standard InChI is InChI=1S/C13H18O4S/c1-10(7-13(14)17-3)18(15)9-11-5-4-6-12(8-11)16-2/h4-6,8,10H,7,9H2,1-3H3. The zero-order chi connectivity index (χ0) is 13.5. The minimum Gasteiger partial charge on any atom is -0.497 e. The molecule has 0 bridgehead atoms. The van der Waals surface area contributed by atoms with Crippen LogP contribution in [0, 0.1) is 0 Å². The normalized spacial score (nSPS) is 13.7. The van der Waals surface area contributed by atoms with Crippen molar-refractivity contribution in [2.75, 3.05) is 14.2 Å². The quantitative estimate of drug-likeness (QED) is 0.741. The third-order valence-corrected chi connectivity index (χ3v) is 4.26. The number of benzene rings is 1. The maximum absolute atomic E-state index is 12.0. The fraction of sp³-hybridized carbons (Fsp3) is 0.462. The van der Waals surface area contributed by atoms with Crippen LogP contribution < -0.4 is 4.74 Å². The predicted octanol–water partition coefficient (Wildman–Crippen LogP) is 1.90. The molecule has 0 saturated heterocycles. The van der Waals surface area contributed by atoms with Gasteiger partial charge in [-0.2, -0.15) is 0 Å². The number of hydrogen-bond donors (Lipinski definition) is 0. The summed E-state index contributed by atoms with van der Waals surface area (Å²) < 4.78 is 21.7. The van der Waals surface area contributed by atoms with Crippen LogP contribution in [0.15, 0.2) is 24.3 Å². The maximum atomic E-state index is 12.0. The van der Waals surface area contributed by atoms with E-state index < -0.39 is 10.8 Å². The Hall–Kier alpha value is -1.36. The average Bonchev–Trinajstić information content (AvgIpc) is 2.38. The van der Waals surface area contributed by atoms with E-state index in [9.17, 15) is 9.00 Å². The van der Waals surface area contributed by atoms with Gasteiger partial charge in [0.2, 0.25) is 0 Å². The van der Waals surface area contributed by atoms with Crippen LogP contribution in [0.3, 0.4) is 0 Å². The SMILES string of the molecule is COC(=O)CC(C)S(=O)Cc1cccc(OC)c1. The van der Waals surface area contributed by atoms with E-state index in [2.05, 4.69) is 4.74 Å². The van der Waals surface area contributed by atoms with Crippen LogP contribution in [0.2, 0.25) is 0 Å². The first kappa shape index (κ1) is 14.7. The molecule has 2 unspecified atom stereocenters. The van der Waals surface area contributed by atoms with Crippen LogP contribution in [0.4, 0.5) is 0 Å². The van der Waals surface area contributed by atoms with Gasteiger partial charge < -0.3 is 9.47 Å². The Morgan fingerprint density at radius 2 is 2.11 bits per heavy atom. The lowest BCUT2D eigenvalue weighted by Gasteiger charge is -2.10. The van der Waals surface area contributed by atoms with Crippen LogP contribution in [0.25, 0.3) is 0 Å². The van der Waals surface area contributed by atoms with Gasteiger partial charge in [0.15, 0.2) is 0 Å². The Balaban J connectivity index is 2.60. The van der Waals surface area contributed by atoms with E-state index in [0.717, 1.165) is 11.3 Å². The molecule has 5 heteroatoms. The molecule has 1 aromatic carbocycles. The van der Waals surface area contributed by atoms with Gasteiger partial charge in [0, 0.05) is 21.8 Å². The summed E-state index contributed by atoms with van der Waals surface area (Å²) in [5, 5.41) is -0.219. The van der Waals surface area contributed by atoms with E-state index in [4.69, 9.17) is 4.74 Å². The fourth-order valence-corrected chi connectivity index (χ4v) is 2.59. The molecule has 0 aromatic heterocycles. The molecule has 0 aliphatic carbocycles. The van der Waals surface area contributed by atoms with E-state index in [-0.39, 0.29) is 17.6 Å². The van der Waals surface area contributed by atoms with Crippen molar-refractivity contribution in [3.63, 3.8) is 0 Å². The van der Waals surface area contributed by atoms with Crippen LogP contribution in [-0.4, -0.2) is 29.6 Å². The second-order valence-electron chi connectivity index (χ2n) is 3.97. The van der Waals surface area contributed by atoms with Gasteiger partial charge in [-0.25, -0.2) is 0 Å². The van der Waals surface area contributed by atoms with Crippen molar-refractivity contribution in [1.29, 1.82) is 0 Å². The smallest absolute Gasteiger partial charge is 0.306 e. The van der Waals surface area contributed by atoms with Crippen molar-refractivity contribution < 1.29 is 18.5 Å². The fourth-order valence-electron chi connectivity index (χ4n) is 1.48. The number of esters is 1. The molecule has 0 aliphatic heterocycles. The molecule has 100 valence electrons. The molecule has 0 radical (unpaired) electrons. The largest absolute Gasteiger partial charge is 0.497 e. The van der Waals surface area contributed by atoms with Gasteiger partial charge in [0.05, 0.1) is 20.6 Å². The molecule has 0 N–H and O–H groups in total. The lowest BCUT2D eigenvalue weighted by Crippen LogP contribution is -2.18. The Kier molecular flexibility index (Phi) is 5.85. The average molecular weight is 270 g/mol. The number of carbonyl (C=O) groups is 1. The highest BCUT2D eigenvalue weighted by Gasteiger charge is 2.16. The Bertz CT molecular complexity index is 431. The molecule has 0 saturated carbocycles. The molecule has 4 nitrogen and oxygen atoms in total. The molecule has 1 aromatic rings. The predicted molar refractivity (Wildman–Crippen MR) is 70.9 cm³/mol. The minimum atomic E-state index is -1.10. The van der Waals surface area contributed by atoms with Crippen molar-refractivity contribution in [3.05, 3.63) is 29.8 Å². The third-order valence-electron chi connectivity index (χ3n) is 2.57. The van der Waals surface area contributed by atoms with Crippen molar-refractivity contribution in [2.45, 2.75) is 24.3 Å². The molecule has 1 rings (SSSR count). The van der Waals surface area contributed by atoms with Gasteiger partial charge in [-0.3, -0.25) is 9.00 Å². The number of ether oxygens (including phenoxy) is 2. The van der Waals surface area contributed by atoms with Crippen LogP contribution in [-0.2, 0) is 26.1 Å². The highest BCUT2D eigenvalue weighted by Crippen LogP contribution is 2.16. The summed E-state index contributed by atoms with van der Waals surface area (Å²) in [7, 11) is 1.82. The molecule has 0 fully saturated rings. The summed E-state index contributed by atoms with van der Waals surface area (Å²) >= 11 is 0. The maximum Gasteiger partial charge on any atom is 0.306 e. The summed E-state index contributed by atoms with van der Waals surface area (Å²) in [6.07, 6.45) is 0.174. The topological polar surface area (TPSA) is 52.6 Å². The van der Waals surface area contributed by atoms with Crippen molar-refractivity contribution in [3.8, 4) is 5.75 Å². The summed E-state index contributed by atoms with van der Waals surface area (Å²) in [4.78, 5) is 11.1. The van der Waals surface area contributed by atoms with Crippen LogP contribution in [0.1, 0.15) is 18.9 Å². The van der Waals surface area contributed by atoms with Gasteiger partial charge in [0.25, 0.3) is 0 Å². The van der Waals surface area contributed by atoms with E-state index >= 15 is 0 Å². The number of hydrogen-bond acceptors (Lipinski definition) is 4.